The van der Waals surface area contributed by atoms with Gasteiger partial charge in [-0.1, -0.05) is 17.7 Å². The van der Waals surface area contributed by atoms with Gasteiger partial charge in [-0.2, -0.15) is 0 Å². The summed E-state index contributed by atoms with van der Waals surface area (Å²) < 4.78 is 0. The molecule has 144 valence electrons. The molecule has 28 heavy (non-hydrogen) atoms. The molecular weight excluding hydrogens is 374 g/mol. The number of aromatic nitrogens is 4. The number of hydrogen-bond acceptors (Lipinski definition) is 7. The molecule has 3 aromatic rings. The summed E-state index contributed by atoms with van der Waals surface area (Å²) in [4.78, 5) is 22.3. The molecule has 0 amide bonds. The predicted molar refractivity (Wildman–Crippen MR) is 113 cm³/mol. The lowest BCUT2D eigenvalue weighted by Crippen LogP contribution is -2.47. The smallest absolute Gasteiger partial charge is 0.225 e. The fourth-order valence-corrected chi connectivity index (χ4v) is 3.42. The first-order valence-electron chi connectivity index (χ1n) is 9.25. The Kier molecular flexibility index (Phi) is 5.25. The van der Waals surface area contributed by atoms with Crippen LogP contribution in [-0.2, 0) is 0 Å². The van der Waals surface area contributed by atoms with E-state index in [0.717, 1.165) is 65.9 Å². The maximum absolute atomic E-state index is 6.23. The molecule has 1 aliphatic heterocycles. The lowest BCUT2D eigenvalue weighted by atomic mass is 10.2. The number of rotatable bonds is 4. The molecule has 1 aliphatic rings. The van der Waals surface area contributed by atoms with Crippen LogP contribution in [0.3, 0.4) is 0 Å². The van der Waals surface area contributed by atoms with Crippen LogP contribution in [0.25, 0.3) is 0 Å². The van der Waals surface area contributed by atoms with E-state index in [-0.39, 0.29) is 0 Å². The van der Waals surface area contributed by atoms with Gasteiger partial charge in [0.25, 0.3) is 0 Å². The first kappa shape index (κ1) is 18.4. The molecule has 1 fully saturated rings. The van der Waals surface area contributed by atoms with Gasteiger partial charge in [0.15, 0.2) is 0 Å². The third-order valence-corrected chi connectivity index (χ3v) is 5.20. The van der Waals surface area contributed by atoms with Gasteiger partial charge < -0.3 is 15.1 Å². The quantitative estimate of drug-likeness (QED) is 0.723. The first-order valence-corrected chi connectivity index (χ1v) is 9.63. The van der Waals surface area contributed by atoms with Crippen LogP contribution in [0.2, 0.25) is 5.02 Å². The van der Waals surface area contributed by atoms with Gasteiger partial charge in [-0.3, -0.25) is 0 Å². The summed E-state index contributed by atoms with van der Waals surface area (Å²) in [5, 5.41) is 4.11. The van der Waals surface area contributed by atoms with Crippen LogP contribution in [0.4, 0.5) is 23.3 Å². The zero-order valence-electron chi connectivity index (χ0n) is 15.9. The predicted octanol–water partition coefficient (Wildman–Crippen LogP) is 3.61. The lowest BCUT2D eigenvalue weighted by molar-refractivity contribution is 0.633. The Morgan fingerprint density at radius 2 is 1.64 bits per heavy atom. The van der Waals surface area contributed by atoms with E-state index in [2.05, 4.69) is 35.1 Å². The minimum atomic E-state index is 0.730. The van der Waals surface area contributed by atoms with E-state index in [9.17, 15) is 0 Å². The van der Waals surface area contributed by atoms with Crippen molar-refractivity contribution in [1.29, 1.82) is 0 Å². The third-order valence-electron chi connectivity index (χ3n) is 4.79. The van der Waals surface area contributed by atoms with Crippen LogP contribution in [0.15, 0.2) is 42.7 Å². The number of hydrogen-bond donors (Lipinski definition) is 1. The van der Waals surface area contributed by atoms with Crippen molar-refractivity contribution in [3.63, 3.8) is 0 Å². The van der Waals surface area contributed by atoms with Crippen LogP contribution in [0.5, 0.6) is 0 Å². The molecule has 0 bridgehead atoms. The van der Waals surface area contributed by atoms with Gasteiger partial charge in [0.1, 0.15) is 17.5 Å². The molecule has 1 saturated heterocycles. The SMILES string of the molecule is Cc1nc(Nc2cccc(Cl)c2C)cc(N2CCN(c3ncccn3)CC2)n1. The van der Waals surface area contributed by atoms with Crippen LogP contribution in [0.1, 0.15) is 11.4 Å². The molecule has 1 aromatic carbocycles. The molecule has 0 spiro atoms. The van der Waals surface area contributed by atoms with E-state index < -0.39 is 0 Å². The molecule has 0 unspecified atom stereocenters. The average Bonchev–Trinajstić information content (AvgIpc) is 2.72. The molecule has 0 aliphatic carbocycles. The second-order valence-corrected chi connectivity index (χ2v) is 7.13. The van der Waals surface area contributed by atoms with Gasteiger partial charge in [-0.05, 0) is 37.6 Å². The standard InChI is InChI=1S/C20H22ClN7/c1-14-16(21)5-3-6-17(14)26-18-13-19(25-15(2)24-18)27-9-11-28(12-10-27)20-22-7-4-8-23-20/h3-8,13H,9-12H2,1-2H3,(H,24,25,26). The zero-order valence-corrected chi connectivity index (χ0v) is 16.7. The summed E-state index contributed by atoms with van der Waals surface area (Å²) in [6.07, 6.45) is 3.55. The van der Waals surface area contributed by atoms with Gasteiger partial charge in [-0.25, -0.2) is 19.9 Å². The van der Waals surface area contributed by atoms with Crippen molar-refractivity contribution in [3.05, 3.63) is 59.1 Å². The highest BCUT2D eigenvalue weighted by Gasteiger charge is 2.20. The van der Waals surface area contributed by atoms with Crippen molar-refractivity contribution in [1.82, 2.24) is 19.9 Å². The molecule has 7 nitrogen and oxygen atoms in total. The van der Waals surface area contributed by atoms with Gasteiger partial charge in [0.2, 0.25) is 5.95 Å². The van der Waals surface area contributed by atoms with Crippen molar-refractivity contribution in [2.75, 3.05) is 41.3 Å². The highest BCUT2D eigenvalue weighted by Crippen LogP contribution is 2.27. The second-order valence-electron chi connectivity index (χ2n) is 6.72. The summed E-state index contributed by atoms with van der Waals surface area (Å²) in [6.45, 7) is 7.30. The highest BCUT2D eigenvalue weighted by atomic mass is 35.5. The Bertz CT molecular complexity index is 956. The van der Waals surface area contributed by atoms with E-state index in [1.165, 1.54) is 0 Å². The summed E-state index contributed by atoms with van der Waals surface area (Å²) >= 11 is 6.23. The number of halogens is 1. The Balaban J connectivity index is 1.49. The molecule has 3 heterocycles. The van der Waals surface area contributed by atoms with E-state index in [0.29, 0.717) is 0 Å². The van der Waals surface area contributed by atoms with Crippen molar-refractivity contribution in [3.8, 4) is 0 Å². The van der Waals surface area contributed by atoms with Gasteiger partial charge >= 0.3 is 0 Å². The number of nitrogens with zero attached hydrogens (tertiary/aromatic N) is 6. The molecule has 2 aromatic heterocycles. The highest BCUT2D eigenvalue weighted by molar-refractivity contribution is 6.31. The van der Waals surface area contributed by atoms with Crippen molar-refractivity contribution in [2.45, 2.75) is 13.8 Å². The minimum Gasteiger partial charge on any atom is -0.353 e. The van der Waals surface area contributed by atoms with Gasteiger partial charge in [-0.15, -0.1) is 0 Å². The normalized spacial score (nSPS) is 14.2. The number of nitrogens with one attached hydrogen (secondary N) is 1. The summed E-state index contributed by atoms with van der Waals surface area (Å²) in [7, 11) is 0. The van der Waals surface area contributed by atoms with Crippen molar-refractivity contribution < 1.29 is 0 Å². The Labute approximate surface area is 169 Å². The zero-order chi connectivity index (χ0) is 19.5. The van der Waals surface area contributed by atoms with Crippen LogP contribution >= 0.6 is 11.6 Å². The lowest BCUT2D eigenvalue weighted by Gasteiger charge is -2.35. The monoisotopic (exact) mass is 395 g/mol. The maximum atomic E-state index is 6.23. The van der Waals surface area contributed by atoms with E-state index >= 15 is 0 Å². The van der Waals surface area contributed by atoms with Crippen LogP contribution in [0, 0.1) is 13.8 Å². The van der Waals surface area contributed by atoms with E-state index in [1.54, 1.807) is 12.4 Å². The molecule has 0 atom stereocenters. The topological polar surface area (TPSA) is 70.1 Å². The summed E-state index contributed by atoms with van der Waals surface area (Å²) in [6, 6.07) is 9.63. The number of piperazine rings is 1. The fraction of sp³-hybridized carbons (Fsp3) is 0.300. The van der Waals surface area contributed by atoms with Gasteiger partial charge in [0.05, 0.1) is 0 Å². The summed E-state index contributed by atoms with van der Waals surface area (Å²) in [5.41, 5.74) is 1.95. The van der Waals surface area contributed by atoms with Crippen LogP contribution in [-0.4, -0.2) is 46.1 Å². The molecule has 0 radical (unpaired) electrons. The van der Waals surface area contributed by atoms with Crippen LogP contribution < -0.4 is 15.1 Å². The van der Waals surface area contributed by atoms with Crippen molar-refractivity contribution in [2.24, 2.45) is 0 Å². The van der Waals surface area contributed by atoms with E-state index in [4.69, 9.17) is 11.6 Å². The van der Waals surface area contributed by atoms with E-state index in [1.807, 2.05) is 44.2 Å². The van der Waals surface area contributed by atoms with Crippen molar-refractivity contribution >= 4 is 34.9 Å². The molecular formula is C20H22ClN7. The average molecular weight is 396 g/mol. The Morgan fingerprint density at radius 3 is 2.39 bits per heavy atom. The molecule has 8 heteroatoms. The molecule has 4 rings (SSSR count). The first-order chi connectivity index (χ1) is 13.6. The number of aryl methyl sites for hydroxylation is 1. The third kappa shape index (κ3) is 3.99. The number of benzene rings is 1. The second kappa shape index (κ2) is 7.98. The largest absolute Gasteiger partial charge is 0.353 e. The maximum Gasteiger partial charge on any atom is 0.225 e. The Morgan fingerprint density at radius 1 is 0.929 bits per heavy atom. The Hall–Kier alpha value is -2.93. The number of anilines is 4. The molecule has 1 N–H and O–H groups in total. The fourth-order valence-electron chi connectivity index (χ4n) is 3.25. The van der Waals surface area contributed by atoms with Gasteiger partial charge in [0, 0.05) is 55.3 Å². The minimum absolute atomic E-state index is 0.730. The molecule has 0 saturated carbocycles. The summed E-state index contributed by atoms with van der Waals surface area (Å²) in [5.74, 6) is 3.19.